The molecule has 57 radical (unpaired) electrons. The molecule has 1 heterocycles. The lowest BCUT2D eigenvalue weighted by Gasteiger charge is -2.39. The molecule has 2 aliphatic rings. The Labute approximate surface area is 475 Å². The zero-order valence-electron chi connectivity index (χ0n) is 39.9. The molecule has 1 aliphatic carbocycles. The van der Waals surface area contributed by atoms with Crippen molar-refractivity contribution in [1.82, 2.24) is 0 Å². The smallest absolute Gasteiger partial charge is 0.128 e. The molecule has 29 heteroatoms. The zero-order valence-corrected chi connectivity index (χ0v) is 39.9. The Kier molecular flexibility index (Phi) is 13.4. The highest BCUT2D eigenvalue weighted by Gasteiger charge is 2.44. The van der Waals surface area contributed by atoms with Gasteiger partial charge in [-0.15, -0.1) is 65.6 Å². The summed E-state index contributed by atoms with van der Waals surface area (Å²) in [5, 5.41) is 0.597. The fraction of sp³-hybridized carbons (Fsp3) is 0.0435. The van der Waals surface area contributed by atoms with Gasteiger partial charge in [0, 0.05) is 5.92 Å². The van der Waals surface area contributed by atoms with Crippen molar-refractivity contribution in [3.8, 4) is 22.3 Å². The highest BCUT2D eigenvalue weighted by molar-refractivity contribution is 6.78. The summed E-state index contributed by atoms with van der Waals surface area (Å²) in [6.07, 6.45) is 0. The normalized spacial score (nSPS) is 15.4. The first-order valence-corrected chi connectivity index (χ1v) is 22.4. The zero-order chi connectivity index (χ0) is 55.3. The topological polar surface area (TPSA) is 0 Å². The molecular formula is C46H2B29. The maximum Gasteiger partial charge on any atom is 0.159 e. The Morgan fingerprint density at radius 3 is 0.880 bits per heavy atom. The van der Waals surface area contributed by atoms with Crippen LogP contribution >= 0.6 is 0 Å². The first-order chi connectivity index (χ1) is 35.0. The summed E-state index contributed by atoms with van der Waals surface area (Å²) in [6.45, 7) is 0. The molecule has 0 aromatic heterocycles. The van der Waals surface area contributed by atoms with E-state index in [0.29, 0.717) is 11.0 Å². The number of benzene rings is 8. The molecule has 0 bridgehead atoms. The average molecular weight is 868 g/mol. The van der Waals surface area contributed by atoms with Crippen molar-refractivity contribution in [1.29, 1.82) is 0 Å². The van der Waals surface area contributed by atoms with E-state index in [1.807, 2.05) is 0 Å². The SMILES string of the molecule is [B]C1=C([B])C2[B]c3c(c([B])c4c([B])c([B])c([B])c([B])c4c3[B])C2C(c2c3c([B])c([B])c([B])c([B])c3c(-c3c([B])c([B])c4c([B])c(-c5c([B])c([B])c([B])c([B])c5[B])c([B])c([B])c4c3[B])c3c([B])c([B])c([B])c([B])c23)=C1[B]. The molecule has 75 heavy (non-hydrogen) atoms. The standard InChI is InChI=1S/C46H2B29/c47-17-9(25(55)26(56)11-10(17)27(57)28(58)12(18(11)48)14-30(60)40(70)43(73)41(71)31(14)61)2-5-3(20(50)34(64)36(66)22(5)52)1(4-6(2)23(53)37(67)35(65)21(4)51)7-8-16-19(49)13-15(32(62)39(69)38(68)29(13)59)33(63)46(16)75-45(8)44(74)42(72)24(7)54/h8,45H. The Balaban J connectivity index is 1.44. The van der Waals surface area contributed by atoms with Crippen molar-refractivity contribution < 1.29 is 0 Å². The van der Waals surface area contributed by atoms with E-state index in [9.17, 15) is 0 Å². The molecule has 8 aromatic rings. The third-order valence-electron chi connectivity index (χ3n) is 15.4. The predicted octanol–water partition coefficient (Wildman–Crippen LogP) is -20.2. The van der Waals surface area contributed by atoms with Crippen LogP contribution in [-0.2, 0) is 0 Å². The molecule has 0 amide bonds. The molecular weight excluding hydrogens is 866 g/mol. The fourth-order valence-electron chi connectivity index (χ4n) is 11.5. The monoisotopic (exact) mass is 873 g/mol. The summed E-state index contributed by atoms with van der Waals surface area (Å²) >= 11 is 0. The first-order valence-electron chi connectivity index (χ1n) is 22.4. The van der Waals surface area contributed by atoms with Gasteiger partial charge < -0.3 is 0 Å². The Bertz CT molecular complexity index is 4080. The van der Waals surface area contributed by atoms with Gasteiger partial charge in [-0.25, -0.2) is 0 Å². The van der Waals surface area contributed by atoms with Crippen molar-refractivity contribution in [2.75, 3.05) is 0 Å². The van der Waals surface area contributed by atoms with Crippen molar-refractivity contribution in [3.05, 3.63) is 27.5 Å². The van der Waals surface area contributed by atoms with E-state index < -0.39 is 11.7 Å². The van der Waals surface area contributed by atoms with Gasteiger partial charge in [0.15, 0.2) is 7.28 Å². The van der Waals surface area contributed by atoms with Gasteiger partial charge in [-0.1, -0.05) is 98.4 Å². The molecule has 0 N–H and O–H groups in total. The molecule has 0 nitrogen and oxygen atoms in total. The third-order valence-corrected chi connectivity index (χ3v) is 15.4. The second-order valence-corrected chi connectivity index (χ2v) is 18.9. The quantitative estimate of drug-likeness (QED) is 0.123. The van der Waals surface area contributed by atoms with Crippen LogP contribution in [0.25, 0.3) is 70.9 Å². The maximum absolute atomic E-state index is 7.33. The van der Waals surface area contributed by atoms with Crippen LogP contribution < -0.4 is 142 Å². The van der Waals surface area contributed by atoms with Crippen molar-refractivity contribution in [2.24, 2.45) is 0 Å². The van der Waals surface area contributed by atoms with Gasteiger partial charge in [0.05, 0.1) is 0 Å². The van der Waals surface area contributed by atoms with E-state index >= 15 is 0 Å². The van der Waals surface area contributed by atoms with Gasteiger partial charge in [-0.2, -0.15) is 0 Å². The molecule has 8 aromatic carbocycles. The lowest BCUT2D eigenvalue weighted by molar-refractivity contribution is 0.882. The van der Waals surface area contributed by atoms with E-state index in [4.69, 9.17) is 220 Å². The summed E-state index contributed by atoms with van der Waals surface area (Å²) in [6, 6.07) is 0. The van der Waals surface area contributed by atoms with Gasteiger partial charge in [0.1, 0.15) is 220 Å². The predicted molar refractivity (Wildman–Crippen MR) is 352 cm³/mol. The van der Waals surface area contributed by atoms with Crippen molar-refractivity contribution >= 4 is 418 Å². The van der Waals surface area contributed by atoms with E-state index in [1.165, 1.54) is 0 Å². The Morgan fingerprint density at radius 1 is 0.213 bits per heavy atom. The van der Waals surface area contributed by atoms with E-state index in [0.717, 1.165) is 0 Å². The van der Waals surface area contributed by atoms with Crippen LogP contribution in [0.4, 0.5) is 0 Å². The molecule has 2 unspecified atom stereocenters. The minimum Gasteiger partial charge on any atom is -0.128 e. The molecule has 273 valence electrons. The summed E-state index contributed by atoms with van der Waals surface area (Å²) in [7, 11) is 193. The molecule has 0 saturated carbocycles. The van der Waals surface area contributed by atoms with Gasteiger partial charge in [-0.05, 0) is 82.3 Å². The summed E-state index contributed by atoms with van der Waals surface area (Å²) in [4.78, 5) is 0. The number of hydrogen-bond acceptors (Lipinski definition) is 0. The van der Waals surface area contributed by atoms with Crippen molar-refractivity contribution in [3.63, 3.8) is 0 Å². The highest BCUT2D eigenvalue weighted by atomic mass is 14.4. The van der Waals surface area contributed by atoms with E-state index in [2.05, 4.69) is 0 Å². The Morgan fingerprint density at radius 2 is 0.480 bits per heavy atom. The maximum atomic E-state index is 7.33. The highest BCUT2D eigenvalue weighted by Crippen LogP contribution is 2.54. The number of fused-ring (bicyclic) bond motifs is 7. The largest absolute Gasteiger partial charge is 0.159 e. The number of hydrogen-bond donors (Lipinski definition) is 0. The summed E-state index contributed by atoms with van der Waals surface area (Å²) in [5.41, 5.74) is -1.64. The molecule has 0 fully saturated rings. The second kappa shape index (κ2) is 18.4. The first kappa shape index (κ1) is 54.5. The van der Waals surface area contributed by atoms with Crippen LogP contribution in [0.15, 0.2) is 16.4 Å². The Hall–Kier alpha value is -3.84. The lowest BCUT2D eigenvalue weighted by atomic mass is 9.47. The molecule has 10 rings (SSSR count). The van der Waals surface area contributed by atoms with Crippen LogP contribution in [0.5, 0.6) is 0 Å². The fourth-order valence-corrected chi connectivity index (χ4v) is 11.5. The van der Waals surface area contributed by atoms with Crippen molar-refractivity contribution in [2.45, 2.75) is 11.7 Å². The van der Waals surface area contributed by atoms with Crippen LogP contribution in [0.2, 0.25) is 5.82 Å². The van der Waals surface area contributed by atoms with Gasteiger partial charge in [0.25, 0.3) is 0 Å². The summed E-state index contributed by atoms with van der Waals surface area (Å²) in [5.74, 6) is -1.85. The summed E-state index contributed by atoms with van der Waals surface area (Å²) < 4.78 is 0. The van der Waals surface area contributed by atoms with Crippen LogP contribution in [0.3, 0.4) is 0 Å². The molecule has 2 atom stereocenters. The molecule has 0 saturated heterocycles. The van der Waals surface area contributed by atoms with Crippen LogP contribution in [0, 0.1) is 0 Å². The number of rotatable bonds is 3. The second-order valence-electron chi connectivity index (χ2n) is 18.9. The lowest BCUT2D eigenvalue weighted by Crippen LogP contribution is -2.56. The number of allylic oxidation sites excluding steroid dienone is 4. The minimum atomic E-state index is -1.00. The van der Waals surface area contributed by atoms with Gasteiger partial charge in [-0.3, -0.25) is 0 Å². The van der Waals surface area contributed by atoms with E-state index in [1.54, 1.807) is 7.28 Å². The minimum absolute atomic E-state index is 0.00130. The van der Waals surface area contributed by atoms with Gasteiger partial charge in [0.2, 0.25) is 0 Å². The third kappa shape index (κ3) is 6.98. The molecule has 1 aliphatic heterocycles. The van der Waals surface area contributed by atoms with Crippen LogP contribution in [-0.4, -0.2) is 227 Å². The molecule has 0 spiro atoms. The van der Waals surface area contributed by atoms with E-state index in [-0.39, 0.29) is 229 Å². The average Bonchev–Trinajstić information content (AvgIpc) is 3.79. The van der Waals surface area contributed by atoms with Crippen LogP contribution in [0.1, 0.15) is 17.0 Å². The van der Waals surface area contributed by atoms with Gasteiger partial charge >= 0.3 is 0 Å².